The van der Waals surface area contributed by atoms with Gasteiger partial charge in [0.25, 0.3) is 5.91 Å². The average Bonchev–Trinajstić information content (AvgIpc) is 2.80. The van der Waals surface area contributed by atoms with Crippen molar-refractivity contribution in [1.82, 2.24) is 10.2 Å². The summed E-state index contributed by atoms with van der Waals surface area (Å²) in [5, 5.41) is 5.72. The molecule has 0 aromatic heterocycles. The zero-order valence-corrected chi connectivity index (χ0v) is 24.2. The number of hydrogen-bond acceptors (Lipinski definition) is 5. The van der Waals surface area contributed by atoms with E-state index in [0.717, 1.165) is 33.5 Å². The van der Waals surface area contributed by atoms with E-state index in [9.17, 15) is 14.4 Å². The lowest BCUT2D eigenvalue weighted by Crippen LogP contribution is -2.53. The van der Waals surface area contributed by atoms with E-state index in [1.807, 2.05) is 71.0 Å². The minimum Gasteiger partial charge on any atom is -0.444 e. The van der Waals surface area contributed by atoms with E-state index < -0.39 is 29.7 Å². The van der Waals surface area contributed by atoms with Crippen LogP contribution in [0.4, 0.5) is 10.5 Å². The molecule has 37 heavy (non-hydrogen) atoms. The van der Waals surface area contributed by atoms with Gasteiger partial charge in [0.15, 0.2) is 0 Å². The third kappa shape index (κ3) is 8.25. The van der Waals surface area contributed by atoms with E-state index in [2.05, 4.69) is 23.3 Å². The van der Waals surface area contributed by atoms with Gasteiger partial charge in [0.1, 0.15) is 17.7 Å². The molecule has 0 saturated heterocycles. The molecule has 2 aromatic rings. The number of nitrogens with zero attached hydrogens (tertiary/aromatic N) is 1. The van der Waals surface area contributed by atoms with Crippen LogP contribution >= 0.6 is 12.6 Å². The second-order valence-electron chi connectivity index (χ2n) is 10.4. The molecule has 0 aliphatic carbocycles. The minimum atomic E-state index is -0.967. The van der Waals surface area contributed by atoms with Crippen LogP contribution in [0.5, 0.6) is 0 Å². The Bertz CT molecular complexity index is 1110. The summed E-state index contributed by atoms with van der Waals surface area (Å²) in [5.74, 6) is -0.663. The van der Waals surface area contributed by atoms with Gasteiger partial charge < -0.3 is 20.3 Å². The normalized spacial score (nSPS) is 12.9. The number of anilines is 1. The molecule has 2 N–H and O–H groups in total. The van der Waals surface area contributed by atoms with Gasteiger partial charge in [0.2, 0.25) is 5.91 Å². The molecule has 0 spiro atoms. The molecule has 0 fully saturated rings. The molecule has 0 aliphatic heterocycles. The Morgan fingerprint density at radius 2 is 1.62 bits per heavy atom. The number of amides is 3. The van der Waals surface area contributed by atoms with E-state index >= 15 is 0 Å². The van der Waals surface area contributed by atoms with Crippen LogP contribution in [0.15, 0.2) is 36.4 Å². The van der Waals surface area contributed by atoms with E-state index in [0.29, 0.717) is 13.0 Å². The van der Waals surface area contributed by atoms with Gasteiger partial charge in [0, 0.05) is 18.0 Å². The lowest BCUT2D eigenvalue weighted by molar-refractivity contribution is -0.140. The first-order chi connectivity index (χ1) is 17.3. The molecule has 0 saturated carbocycles. The van der Waals surface area contributed by atoms with Gasteiger partial charge in [0.05, 0.1) is 0 Å². The van der Waals surface area contributed by atoms with E-state index in [1.165, 1.54) is 0 Å². The molecule has 2 atom stereocenters. The largest absolute Gasteiger partial charge is 0.444 e. The standard InChI is InChI=1S/C29H41N3O4S/c1-9-15-32(27(34)23(17-37)30-28(35)36-29(6,7)8)25(22-16-18(2)13-14-19(22)3)26(33)31-24-20(4)11-10-12-21(24)5/h10-14,16,23,25,37H,9,15,17H2,1-8H3,(H,30,35)(H,31,33). The Labute approximate surface area is 226 Å². The Morgan fingerprint density at radius 1 is 1.00 bits per heavy atom. The number of rotatable bonds is 9. The first-order valence-electron chi connectivity index (χ1n) is 12.6. The zero-order chi connectivity index (χ0) is 27.9. The summed E-state index contributed by atoms with van der Waals surface area (Å²) >= 11 is 4.34. The number of hydrogen-bond donors (Lipinski definition) is 3. The predicted octanol–water partition coefficient (Wildman–Crippen LogP) is 5.66. The highest BCUT2D eigenvalue weighted by Gasteiger charge is 2.36. The second kappa shape index (κ2) is 13.0. The second-order valence-corrected chi connectivity index (χ2v) is 10.8. The summed E-state index contributed by atoms with van der Waals surface area (Å²) in [4.78, 5) is 41.9. The summed E-state index contributed by atoms with van der Waals surface area (Å²) < 4.78 is 5.36. The molecule has 2 unspecified atom stereocenters. The quantitative estimate of drug-likeness (QED) is 0.367. The van der Waals surface area contributed by atoms with Crippen molar-refractivity contribution in [1.29, 1.82) is 0 Å². The maximum Gasteiger partial charge on any atom is 0.408 e. The number of thiol groups is 1. The fourth-order valence-electron chi connectivity index (χ4n) is 4.15. The van der Waals surface area contributed by atoms with Gasteiger partial charge in [-0.3, -0.25) is 9.59 Å². The fourth-order valence-corrected chi connectivity index (χ4v) is 4.40. The number of ether oxygens (including phenoxy) is 1. The van der Waals surface area contributed by atoms with Gasteiger partial charge in [-0.1, -0.05) is 48.9 Å². The molecule has 0 bridgehead atoms. The van der Waals surface area contributed by atoms with Crippen molar-refractivity contribution in [3.8, 4) is 0 Å². The molecule has 202 valence electrons. The SMILES string of the molecule is CCCN(C(=O)C(CS)NC(=O)OC(C)(C)C)C(C(=O)Nc1c(C)cccc1C)c1cc(C)ccc1C. The van der Waals surface area contributed by atoms with Crippen molar-refractivity contribution in [3.63, 3.8) is 0 Å². The van der Waals surface area contributed by atoms with Crippen molar-refractivity contribution < 1.29 is 19.1 Å². The monoisotopic (exact) mass is 527 g/mol. The highest BCUT2D eigenvalue weighted by Crippen LogP contribution is 2.29. The van der Waals surface area contributed by atoms with E-state index in [4.69, 9.17) is 4.74 Å². The third-order valence-electron chi connectivity index (χ3n) is 5.94. The molecule has 0 heterocycles. The molecule has 3 amide bonds. The Hall–Kier alpha value is -3.00. The summed E-state index contributed by atoms with van der Waals surface area (Å²) in [7, 11) is 0. The van der Waals surface area contributed by atoms with Gasteiger partial charge in [-0.25, -0.2) is 4.79 Å². The number of para-hydroxylation sites is 1. The lowest BCUT2D eigenvalue weighted by atomic mass is 9.95. The topological polar surface area (TPSA) is 87.7 Å². The number of carbonyl (C=O) groups is 3. The van der Waals surface area contributed by atoms with Crippen molar-refractivity contribution in [2.75, 3.05) is 17.6 Å². The number of carbonyl (C=O) groups excluding carboxylic acids is 3. The van der Waals surface area contributed by atoms with Crippen LogP contribution < -0.4 is 10.6 Å². The Balaban J connectivity index is 2.54. The summed E-state index contributed by atoms with van der Waals surface area (Å²) in [6, 6.07) is 9.81. The molecule has 2 aromatic carbocycles. The van der Waals surface area contributed by atoms with Crippen LogP contribution in [-0.4, -0.2) is 46.7 Å². The van der Waals surface area contributed by atoms with E-state index in [1.54, 1.807) is 25.7 Å². The minimum absolute atomic E-state index is 0.0519. The van der Waals surface area contributed by atoms with Crippen molar-refractivity contribution >= 4 is 36.2 Å². The molecular weight excluding hydrogens is 486 g/mol. The molecule has 2 rings (SSSR count). The van der Waals surface area contributed by atoms with Crippen LogP contribution in [0.2, 0.25) is 0 Å². The molecular formula is C29H41N3O4S. The number of benzene rings is 2. The van der Waals surface area contributed by atoms with Crippen LogP contribution in [0.3, 0.4) is 0 Å². The first-order valence-corrected chi connectivity index (χ1v) is 13.3. The maximum absolute atomic E-state index is 14.0. The third-order valence-corrected chi connectivity index (χ3v) is 6.30. The van der Waals surface area contributed by atoms with Crippen molar-refractivity contribution in [2.24, 2.45) is 0 Å². The molecule has 8 heteroatoms. The van der Waals surface area contributed by atoms with Crippen molar-refractivity contribution in [3.05, 3.63) is 64.2 Å². The van der Waals surface area contributed by atoms with Gasteiger partial charge >= 0.3 is 6.09 Å². The summed E-state index contributed by atoms with van der Waals surface area (Å²) in [6.45, 7) is 15.3. The van der Waals surface area contributed by atoms with Crippen LogP contribution in [0.25, 0.3) is 0 Å². The molecule has 0 aliphatic rings. The average molecular weight is 528 g/mol. The van der Waals surface area contributed by atoms with Gasteiger partial charge in [-0.05, 0) is 77.1 Å². The first kappa shape index (κ1) is 30.2. The highest BCUT2D eigenvalue weighted by molar-refractivity contribution is 7.80. The Kier molecular flexibility index (Phi) is 10.6. The molecule has 0 radical (unpaired) electrons. The van der Waals surface area contributed by atoms with Gasteiger partial charge in [-0.2, -0.15) is 12.6 Å². The van der Waals surface area contributed by atoms with Crippen LogP contribution in [-0.2, 0) is 14.3 Å². The summed E-state index contributed by atoms with van der Waals surface area (Å²) in [5.41, 5.74) is 4.48. The fraction of sp³-hybridized carbons (Fsp3) is 0.483. The number of nitrogens with one attached hydrogen (secondary N) is 2. The zero-order valence-electron chi connectivity index (χ0n) is 23.3. The maximum atomic E-state index is 14.0. The Morgan fingerprint density at radius 3 is 2.16 bits per heavy atom. The smallest absolute Gasteiger partial charge is 0.408 e. The van der Waals surface area contributed by atoms with E-state index in [-0.39, 0.29) is 11.7 Å². The van der Waals surface area contributed by atoms with Crippen LogP contribution in [0, 0.1) is 27.7 Å². The van der Waals surface area contributed by atoms with Crippen LogP contribution in [0.1, 0.15) is 68.0 Å². The van der Waals surface area contributed by atoms with Crippen molar-refractivity contribution in [2.45, 2.75) is 79.5 Å². The van der Waals surface area contributed by atoms with Gasteiger partial charge in [-0.15, -0.1) is 0 Å². The molecule has 7 nitrogen and oxygen atoms in total. The summed E-state index contributed by atoms with van der Waals surface area (Å²) in [6.07, 6.45) is -0.0881. The number of alkyl carbamates (subject to hydrolysis) is 1. The lowest BCUT2D eigenvalue weighted by Gasteiger charge is -2.35. The predicted molar refractivity (Wildman–Crippen MR) is 152 cm³/mol. The highest BCUT2D eigenvalue weighted by atomic mass is 32.1. The number of aryl methyl sites for hydroxylation is 4.